The van der Waals surface area contributed by atoms with Gasteiger partial charge < -0.3 is 14.2 Å². The zero-order chi connectivity index (χ0) is 26.5. The van der Waals surface area contributed by atoms with Crippen molar-refractivity contribution in [3.63, 3.8) is 0 Å². The number of H-pyrrole nitrogens is 1. The number of nitrogens with one attached hydrogen (secondary N) is 1. The van der Waals surface area contributed by atoms with Crippen LogP contribution in [0, 0.1) is 18.8 Å². The first kappa shape index (κ1) is 24.5. The van der Waals surface area contributed by atoms with Gasteiger partial charge >= 0.3 is 5.76 Å². The van der Waals surface area contributed by atoms with E-state index in [4.69, 9.17) is 19.2 Å². The summed E-state index contributed by atoms with van der Waals surface area (Å²) in [5.74, 6) is 2.07. The number of morpholine rings is 1. The second kappa shape index (κ2) is 9.89. The van der Waals surface area contributed by atoms with Crippen LogP contribution in [0.3, 0.4) is 0 Å². The van der Waals surface area contributed by atoms with Crippen LogP contribution in [0.2, 0.25) is 0 Å². The number of nitrogens with zero attached hydrogens (tertiary/aromatic N) is 6. The van der Waals surface area contributed by atoms with E-state index in [2.05, 4.69) is 37.6 Å². The number of pyridine rings is 2. The third-order valence-corrected chi connectivity index (χ3v) is 8.85. The van der Waals surface area contributed by atoms with Crippen LogP contribution in [0.5, 0.6) is 0 Å². The van der Waals surface area contributed by atoms with Gasteiger partial charge in [-0.3, -0.25) is 14.5 Å². The van der Waals surface area contributed by atoms with Gasteiger partial charge in [0, 0.05) is 31.0 Å². The Morgan fingerprint density at radius 3 is 2.74 bits per heavy atom. The summed E-state index contributed by atoms with van der Waals surface area (Å²) < 4.78 is 13.4. The lowest BCUT2D eigenvalue weighted by molar-refractivity contribution is 0.0247. The van der Waals surface area contributed by atoms with Gasteiger partial charge in [-0.05, 0) is 68.6 Å². The number of fused-ring (bicyclic) bond motifs is 2. The quantitative estimate of drug-likeness (QED) is 0.395. The fourth-order valence-electron chi connectivity index (χ4n) is 6.83. The second-order valence-electron chi connectivity index (χ2n) is 11.7. The van der Waals surface area contributed by atoms with Crippen LogP contribution in [0.25, 0.3) is 33.8 Å². The Kier molecular flexibility index (Phi) is 6.22. The van der Waals surface area contributed by atoms with E-state index in [1.54, 1.807) is 0 Å². The van der Waals surface area contributed by atoms with Crippen LogP contribution < -0.4 is 10.7 Å². The molecule has 204 valence electrons. The van der Waals surface area contributed by atoms with Crippen molar-refractivity contribution in [1.82, 2.24) is 29.7 Å². The number of aromatic amines is 1. The molecule has 0 radical (unpaired) electrons. The summed E-state index contributed by atoms with van der Waals surface area (Å²) >= 11 is 0. The van der Waals surface area contributed by atoms with E-state index in [-0.39, 0.29) is 6.10 Å². The molecule has 3 fully saturated rings. The molecule has 10 heteroatoms. The molecular weight excluding hydrogens is 494 g/mol. The molecule has 0 unspecified atom stereocenters. The Morgan fingerprint density at radius 1 is 1.08 bits per heavy atom. The summed E-state index contributed by atoms with van der Waals surface area (Å²) in [6, 6.07) is 4.36. The van der Waals surface area contributed by atoms with Gasteiger partial charge in [-0.25, -0.2) is 14.8 Å². The lowest BCUT2D eigenvalue weighted by Crippen LogP contribution is -2.49. The highest BCUT2D eigenvalue weighted by Gasteiger charge is 2.39. The molecule has 0 bridgehead atoms. The van der Waals surface area contributed by atoms with Gasteiger partial charge in [0.15, 0.2) is 0 Å². The Hall–Kier alpha value is -3.53. The van der Waals surface area contributed by atoms with E-state index in [0.717, 1.165) is 65.7 Å². The minimum Gasteiger partial charge on any atom is -0.374 e. The molecular formula is C29H35N7O3. The van der Waals surface area contributed by atoms with E-state index < -0.39 is 5.76 Å². The van der Waals surface area contributed by atoms with Crippen LogP contribution in [-0.4, -0.2) is 55.0 Å². The maximum absolute atomic E-state index is 11.8. The molecule has 4 aromatic rings. The third-order valence-electron chi connectivity index (χ3n) is 8.85. The van der Waals surface area contributed by atoms with Crippen molar-refractivity contribution >= 4 is 17.0 Å². The number of rotatable bonds is 5. The maximum Gasteiger partial charge on any atom is 0.439 e. The molecule has 2 aliphatic carbocycles. The molecule has 0 aromatic carbocycles. The molecule has 5 heterocycles. The van der Waals surface area contributed by atoms with Gasteiger partial charge in [0.2, 0.25) is 11.8 Å². The summed E-state index contributed by atoms with van der Waals surface area (Å²) in [5.41, 5.74) is 5.12. The second-order valence-corrected chi connectivity index (χ2v) is 11.7. The SMILES string of the molecule is Cc1cncc(-c2nc(-c3noc(=O)[nH]3)cc3nc(N4CCO[C@H]5CCC[C@@H]54)n(CC4CCC(C)CC4)c23)c1. The zero-order valence-electron chi connectivity index (χ0n) is 22.6. The first-order chi connectivity index (χ1) is 19.0. The average Bonchev–Trinajstić information content (AvgIpc) is 3.68. The highest BCUT2D eigenvalue weighted by molar-refractivity contribution is 5.94. The smallest absolute Gasteiger partial charge is 0.374 e. The molecule has 3 aliphatic rings. The summed E-state index contributed by atoms with van der Waals surface area (Å²) in [4.78, 5) is 31.8. The monoisotopic (exact) mass is 529 g/mol. The number of hydrogen-bond donors (Lipinski definition) is 1. The molecule has 7 rings (SSSR count). The van der Waals surface area contributed by atoms with Crippen molar-refractivity contribution in [2.24, 2.45) is 11.8 Å². The Labute approximate surface area is 226 Å². The topological polar surface area (TPSA) is 115 Å². The zero-order valence-corrected chi connectivity index (χ0v) is 22.6. The van der Waals surface area contributed by atoms with Crippen LogP contribution in [0.15, 0.2) is 33.8 Å². The molecule has 10 nitrogen and oxygen atoms in total. The normalized spacial score (nSPS) is 25.3. The number of anilines is 1. The minimum atomic E-state index is -0.607. The van der Waals surface area contributed by atoms with E-state index in [1.165, 1.54) is 32.1 Å². The van der Waals surface area contributed by atoms with Gasteiger partial charge in [0.25, 0.3) is 0 Å². The predicted molar refractivity (Wildman–Crippen MR) is 147 cm³/mol. The van der Waals surface area contributed by atoms with Crippen molar-refractivity contribution in [3.05, 3.63) is 40.6 Å². The third kappa shape index (κ3) is 4.54. The maximum atomic E-state index is 11.8. The van der Waals surface area contributed by atoms with Crippen LogP contribution in [0.4, 0.5) is 5.95 Å². The average molecular weight is 530 g/mol. The van der Waals surface area contributed by atoms with Crippen molar-refractivity contribution < 1.29 is 9.26 Å². The summed E-state index contributed by atoms with van der Waals surface area (Å²) in [6.07, 6.45) is 12.3. The lowest BCUT2D eigenvalue weighted by Gasteiger charge is -2.39. The Bertz CT molecular complexity index is 1550. The minimum absolute atomic E-state index is 0.261. The first-order valence-corrected chi connectivity index (χ1v) is 14.3. The Morgan fingerprint density at radius 2 is 1.95 bits per heavy atom. The molecule has 1 aliphatic heterocycles. The fourth-order valence-corrected chi connectivity index (χ4v) is 6.83. The number of aromatic nitrogens is 6. The van der Waals surface area contributed by atoms with E-state index in [9.17, 15) is 4.79 Å². The fraction of sp³-hybridized carbons (Fsp3) is 0.552. The molecule has 1 saturated heterocycles. The highest BCUT2D eigenvalue weighted by Crippen LogP contribution is 2.39. The number of ether oxygens (including phenoxy) is 1. The van der Waals surface area contributed by atoms with Crippen LogP contribution in [-0.2, 0) is 11.3 Å². The standard InChI is InChI=1S/C29H35N7O3/c1-17-6-8-19(9-7-17)16-36-26-21(32-28(36)35-10-11-38-24-5-3-4-23(24)35)13-22(27-33-29(37)39-34-27)31-25(26)20-12-18(2)14-30-15-20/h12-15,17,19,23-24H,3-11,16H2,1-2H3,(H,33,34,37)/t17?,19?,23-,24-/m0/s1. The molecule has 1 N–H and O–H groups in total. The summed E-state index contributed by atoms with van der Waals surface area (Å²) in [6.45, 7) is 6.84. The highest BCUT2D eigenvalue weighted by atomic mass is 16.5. The first-order valence-electron chi connectivity index (χ1n) is 14.3. The molecule has 39 heavy (non-hydrogen) atoms. The molecule has 0 spiro atoms. The lowest BCUT2D eigenvalue weighted by atomic mass is 9.83. The molecule has 2 atom stereocenters. The van der Waals surface area contributed by atoms with Crippen LogP contribution in [0.1, 0.15) is 57.4 Å². The van der Waals surface area contributed by atoms with Crippen molar-refractivity contribution in [2.45, 2.75) is 77.5 Å². The van der Waals surface area contributed by atoms with Gasteiger partial charge in [-0.2, -0.15) is 0 Å². The number of aryl methyl sites for hydroxylation is 1. The number of imidazole rings is 1. The largest absolute Gasteiger partial charge is 0.439 e. The van der Waals surface area contributed by atoms with E-state index in [0.29, 0.717) is 30.1 Å². The number of hydrogen-bond acceptors (Lipinski definition) is 8. The van der Waals surface area contributed by atoms with Gasteiger partial charge in [-0.1, -0.05) is 24.9 Å². The van der Waals surface area contributed by atoms with Gasteiger partial charge in [0.05, 0.1) is 35.5 Å². The summed E-state index contributed by atoms with van der Waals surface area (Å²) in [7, 11) is 0. The van der Waals surface area contributed by atoms with Crippen molar-refractivity contribution in [1.29, 1.82) is 0 Å². The van der Waals surface area contributed by atoms with E-state index in [1.807, 2.05) is 25.4 Å². The molecule has 4 aromatic heterocycles. The molecule has 0 amide bonds. The van der Waals surface area contributed by atoms with Crippen LogP contribution >= 0.6 is 0 Å². The molecule has 2 saturated carbocycles. The van der Waals surface area contributed by atoms with Gasteiger partial charge in [-0.15, -0.1) is 0 Å². The predicted octanol–water partition coefficient (Wildman–Crippen LogP) is 4.73. The van der Waals surface area contributed by atoms with Gasteiger partial charge in [0.1, 0.15) is 5.69 Å². The van der Waals surface area contributed by atoms with E-state index >= 15 is 0 Å². The van der Waals surface area contributed by atoms with Crippen molar-refractivity contribution in [3.8, 4) is 22.8 Å². The summed E-state index contributed by atoms with van der Waals surface area (Å²) in [5, 5.41) is 3.93. The van der Waals surface area contributed by atoms with Crippen molar-refractivity contribution in [2.75, 3.05) is 18.1 Å². The Balaban J connectivity index is 1.44.